The van der Waals surface area contributed by atoms with Crippen molar-refractivity contribution < 1.29 is 19.1 Å². The highest BCUT2D eigenvalue weighted by Crippen LogP contribution is 2.30. The molecule has 0 aliphatic rings. The van der Waals surface area contributed by atoms with Gasteiger partial charge in [0.2, 0.25) is 5.91 Å². The lowest BCUT2D eigenvalue weighted by molar-refractivity contribution is -0.144. The number of imidazole rings is 1. The van der Waals surface area contributed by atoms with Crippen LogP contribution < -0.4 is 10.1 Å². The van der Waals surface area contributed by atoms with Gasteiger partial charge in [0.15, 0.2) is 0 Å². The number of hydrogen-bond acceptors (Lipinski definition) is 5. The predicted molar refractivity (Wildman–Crippen MR) is 102 cm³/mol. The Bertz CT molecular complexity index is 948. The van der Waals surface area contributed by atoms with E-state index in [-0.39, 0.29) is 24.7 Å². The fourth-order valence-electron chi connectivity index (χ4n) is 2.71. The third-order valence-corrected chi connectivity index (χ3v) is 4.01. The summed E-state index contributed by atoms with van der Waals surface area (Å²) in [5.74, 6) is 0.636. The molecule has 0 radical (unpaired) electrons. The Hall–Kier alpha value is -3.35. The van der Waals surface area contributed by atoms with E-state index >= 15 is 0 Å². The predicted octanol–water partition coefficient (Wildman–Crippen LogP) is 3.29. The van der Waals surface area contributed by atoms with Crippen LogP contribution in [0.15, 0.2) is 48.7 Å². The minimum atomic E-state index is -0.388. The number of rotatable bonds is 7. The zero-order valence-corrected chi connectivity index (χ0v) is 15.3. The van der Waals surface area contributed by atoms with E-state index in [0.29, 0.717) is 23.8 Å². The average Bonchev–Trinajstić information content (AvgIpc) is 3.05. The standard InChI is InChI=1S/C20H21N3O4/c1-3-27-18(25)12-11-17(24)22-20-19(14-7-9-15(26-2)10-8-14)21-16-6-4-5-13-23(16)20/h4-10,13H,3,11-12H2,1-2H3,(H,22,24). The molecule has 2 heterocycles. The summed E-state index contributed by atoms with van der Waals surface area (Å²) in [4.78, 5) is 28.5. The summed E-state index contributed by atoms with van der Waals surface area (Å²) < 4.78 is 11.9. The molecule has 0 fully saturated rings. The van der Waals surface area contributed by atoms with E-state index in [1.807, 2.05) is 53.1 Å². The summed E-state index contributed by atoms with van der Waals surface area (Å²) in [6.45, 7) is 2.03. The smallest absolute Gasteiger partial charge is 0.306 e. The number of fused-ring (bicyclic) bond motifs is 1. The molecule has 0 aliphatic carbocycles. The molecule has 3 rings (SSSR count). The number of nitrogens with zero attached hydrogens (tertiary/aromatic N) is 2. The monoisotopic (exact) mass is 367 g/mol. The highest BCUT2D eigenvalue weighted by atomic mass is 16.5. The molecular weight excluding hydrogens is 346 g/mol. The van der Waals surface area contributed by atoms with Gasteiger partial charge in [-0.25, -0.2) is 4.98 Å². The molecule has 0 unspecified atom stereocenters. The highest BCUT2D eigenvalue weighted by molar-refractivity contribution is 5.95. The zero-order valence-electron chi connectivity index (χ0n) is 15.3. The number of hydrogen-bond donors (Lipinski definition) is 1. The Labute approximate surface area is 156 Å². The lowest BCUT2D eigenvalue weighted by atomic mass is 10.1. The van der Waals surface area contributed by atoms with Crippen molar-refractivity contribution in [2.24, 2.45) is 0 Å². The Morgan fingerprint density at radius 2 is 1.89 bits per heavy atom. The maximum atomic E-state index is 12.4. The van der Waals surface area contributed by atoms with Crippen LogP contribution in [0.4, 0.5) is 5.82 Å². The molecule has 0 saturated heterocycles. The van der Waals surface area contributed by atoms with Crippen molar-refractivity contribution in [2.45, 2.75) is 19.8 Å². The number of anilines is 1. The van der Waals surface area contributed by atoms with Gasteiger partial charge in [-0.3, -0.25) is 14.0 Å². The third kappa shape index (κ3) is 4.25. The van der Waals surface area contributed by atoms with Crippen LogP contribution in [-0.4, -0.2) is 35.0 Å². The lowest BCUT2D eigenvalue weighted by Crippen LogP contribution is -2.16. The molecule has 1 N–H and O–H groups in total. The average molecular weight is 367 g/mol. The van der Waals surface area contributed by atoms with Crippen molar-refractivity contribution >= 4 is 23.3 Å². The number of amides is 1. The number of ether oxygens (including phenoxy) is 2. The molecule has 3 aromatic rings. The van der Waals surface area contributed by atoms with Gasteiger partial charge in [0.25, 0.3) is 0 Å². The molecule has 7 heteroatoms. The van der Waals surface area contributed by atoms with E-state index < -0.39 is 0 Å². The summed E-state index contributed by atoms with van der Waals surface area (Å²) in [5, 5.41) is 2.88. The molecular formula is C20H21N3O4. The van der Waals surface area contributed by atoms with Gasteiger partial charge in [-0.2, -0.15) is 0 Å². The summed E-state index contributed by atoms with van der Waals surface area (Å²) in [6.07, 6.45) is 1.91. The molecule has 140 valence electrons. The molecule has 27 heavy (non-hydrogen) atoms. The topological polar surface area (TPSA) is 81.9 Å². The van der Waals surface area contributed by atoms with Crippen LogP contribution in [0.1, 0.15) is 19.8 Å². The van der Waals surface area contributed by atoms with Crippen LogP contribution in [-0.2, 0) is 14.3 Å². The van der Waals surface area contributed by atoms with Gasteiger partial charge in [-0.15, -0.1) is 0 Å². The van der Waals surface area contributed by atoms with Gasteiger partial charge in [0.1, 0.15) is 22.9 Å². The number of carbonyl (C=O) groups is 2. The van der Waals surface area contributed by atoms with Crippen molar-refractivity contribution in [1.82, 2.24) is 9.38 Å². The second-order valence-electron chi connectivity index (χ2n) is 5.82. The van der Waals surface area contributed by atoms with E-state index in [1.165, 1.54) is 0 Å². The van der Waals surface area contributed by atoms with Gasteiger partial charge in [0.05, 0.1) is 20.1 Å². The van der Waals surface area contributed by atoms with Gasteiger partial charge in [-0.05, 0) is 43.3 Å². The first-order valence-electron chi connectivity index (χ1n) is 8.69. The Balaban J connectivity index is 1.88. The van der Waals surface area contributed by atoms with Crippen molar-refractivity contribution in [2.75, 3.05) is 19.0 Å². The maximum absolute atomic E-state index is 12.4. The zero-order chi connectivity index (χ0) is 19.2. The second-order valence-corrected chi connectivity index (χ2v) is 5.82. The minimum absolute atomic E-state index is 0.0360. The number of methoxy groups -OCH3 is 1. The summed E-state index contributed by atoms with van der Waals surface area (Å²) >= 11 is 0. The molecule has 0 spiro atoms. The molecule has 0 aliphatic heterocycles. The Kier molecular flexibility index (Phi) is 5.71. The number of aromatic nitrogens is 2. The van der Waals surface area contributed by atoms with E-state index in [2.05, 4.69) is 10.3 Å². The van der Waals surface area contributed by atoms with Crippen molar-refractivity contribution in [3.05, 3.63) is 48.7 Å². The maximum Gasteiger partial charge on any atom is 0.306 e. The molecule has 0 saturated carbocycles. The van der Waals surface area contributed by atoms with Crippen molar-refractivity contribution in [3.8, 4) is 17.0 Å². The molecule has 7 nitrogen and oxygen atoms in total. The molecule has 1 aromatic carbocycles. The first-order valence-corrected chi connectivity index (χ1v) is 8.69. The van der Waals surface area contributed by atoms with E-state index in [0.717, 1.165) is 11.3 Å². The Morgan fingerprint density at radius 3 is 2.59 bits per heavy atom. The van der Waals surface area contributed by atoms with Gasteiger partial charge in [0, 0.05) is 18.2 Å². The molecule has 0 atom stereocenters. The normalized spacial score (nSPS) is 10.6. The van der Waals surface area contributed by atoms with Gasteiger partial charge >= 0.3 is 5.97 Å². The van der Waals surface area contributed by atoms with Crippen molar-refractivity contribution in [3.63, 3.8) is 0 Å². The molecule has 2 aromatic heterocycles. The lowest BCUT2D eigenvalue weighted by Gasteiger charge is -2.08. The largest absolute Gasteiger partial charge is 0.497 e. The number of benzene rings is 1. The second kappa shape index (κ2) is 8.35. The van der Waals surface area contributed by atoms with Gasteiger partial charge < -0.3 is 14.8 Å². The first kappa shape index (κ1) is 18.4. The van der Waals surface area contributed by atoms with Crippen LogP contribution in [0.2, 0.25) is 0 Å². The Morgan fingerprint density at radius 1 is 1.11 bits per heavy atom. The van der Waals surface area contributed by atoms with Crippen LogP contribution in [0.25, 0.3) is 16.9 Å². The van der Waals surface area contributed by atoms with Gasteiger partial charge in [-0.1, -0.05) is 6.07 Å². The summed E-state index contributed by atoms with van der Waals surface area (Å²) in [6, 6.07) is 13.1. The van der Waals surface area contributed by atoms with Crippen molar-refractivity contribution in [1.29, 1.82) is 0 Å². The summed E-state index contributed by atoms with van der Waals surface area (Å²) in [7, 11) is 1.61. The quantitative estimate of drug-likeness (QED) is 0.648. The molecule has 1 amide bonds. The van der Waals surface area contributed by atoms with Crippen LogP contribution >= 0.6 is 0 Å². The number of nitrogens with one attached hydrogen (secondary N) is 1. The third-order valence-electron chi connectivity index (χ3n) is 4.01. The highest BCUT2D eigenvalue weighted by Gasteiger charge is 2.17. The minimum Gasteiger partial charge on any atom is -0.497 e. The molecule has 0 bridgehead atoms. The van der Waals surface area contributed by atoms with Crippen LogP contribution in [0.5, 0.6) is 5.75 Å². The van der Waals surface area contributed by atoms with E-state index in [9.17, 15) is 9.59 Å². The SMILES string of the molecule is CCOC(=O)CCC(=O)Nc1c(-c2ccc(OC)cc2)nc2ccccn12. The first-order chi connectivity index (χ1) is 13.1. The van der Waals surface area contributed by atoms with Crippen LogP contribution in [0, 0.1) is 0 Å². The number of esters is 1. The fourth-order valence-corrected chi connectivity index (χ4v) is 2.71. The summed E-state index contributed by atoms with van der Waals surface area (Å²) in [5.41, 5.74) is 2.21. The fraction of sp³-hybridized carbons (Fsp3) is 0.250. The van der Waals surface area contributed by atoms with E-state index in [1.54, 1.807) is 14.0 Å². The number of carbonyl (C=O) groups excluding carboxylic acids is 2. The number of pyridine rings is 1. The van der Waals surface area contributed by atoms with E-state index in [4.69, 9.17) is 9.47 Å². The van der Waals surface area contributed by atoms with Crippen LogP contribution in [0.3, 0.4) is 0 Å².